The Morgan fingerprint density at radius 1 is 1.22 bits per heavy atom. The van der Waals surface area contributed by atoms with E-state index in [9.17, 15) is 13.6 Å². The molecule has 1 amide bonds. The number of rotatable bonds is 6. The van der Waals surface area contributed by atoms with Crippen LogP contribution >= 0.6 is 11.8 Å². The van der Waals surface area contributed by atoms with E-state index in [4.69, 9.17) is 4.74 Å². The predicted octanol–water partition coefficient (Wildman–Crippen LogP) is 3.94. The molecule has 0 radical (unpaired) electrons. The standard InChI is InChI=1S/C17H17F2NO2S/c1-11(12-3-8-16(22-2)15(19)9-12)20-17(21)10-23-14-6-4-13(18)5-7-14/h3-9,11H,10H2,1-2H3,(H,20,21)/t11-/m0/s1. The Hall–Kier alpha value is -2.08. The van der Waals surface area contributed by atoms with Gasteiger partial charge in [0, 0.05) is 4.90 Å². The molecule has 2 aromatic carbocycles. The van der Waals surface area contributed by atoms with Crippen LogP contribution in [0.2, 0.25) is 0 Å². The van der Waals surface area contributed by atoms with Crippen molar-refractivity contribution in [3.63, 3.8) is 0 Å². The quantitative estimate of drug-likeness (QED) is 0.812. The Morgan fingerprint density at radius 3 is 2.52 bits per heavy atom. The van der Waals surface area contributed by atoms with Crippen molar-refractivity contribution in [2.24, 2.45) is 0 Å². The van der Waals surface area contributed by atoms with Crippen LogP contribution in [-0.4, -0.2) is 18.8 Å². The maximum Gasteiger partial charge on any atom is 0.230 e. The van der Waals surface area contributed by atoms with E-state index in [-0.39, 0.29) is 29.3 Å². The highest BCUT2D eigenvalue weighted by Crippen LogP contribution is 2.22. The monoisotopic (exact) mass is 337 g/mol. The Bertz CT molecular complexity index is 677. The molecule has 0 saturated carbocycles. The highest BCUT2D eigenvalue weighted by Gasteiger charge is 2.12. The van der Waals surface area contributed by atoms with Gasteiger partial charge in [0.05, 0.1) is 18.9 Å². The molecular weight excluding hydrogens is 320 g/mol. The Balaban J connectivity index is 1.89. The second-order valence-corrected chi connectivity index (χ2v) is 5.97. The number of halogens is 2. The summed E-state index contributed by atoms with van der Waals surface area (Å²) in [5, 5.41) is 2.80. The van der Waals surface area contributed by atoms with Gasteiger partial charge in [-0.2, -0.15) is 0 Å². The van der Waals surface area contributed by atoms with Crippen LogP contribution in [0.25, 0.3) is 0 Å². The van der Waals surface area contributed by atoms with Crippen molar-refractivity contribution >= 4 is 17.7 Å². The summed E-state index contributed by atoms with van der Waals surface area (Å²) in [5.41, 5.74) is 0.656. The van der Waals surface area contributed by atoms with E-state index >= 15 is 0 Å². The van der Waals surface area contributed by atoms with Gasteiger partial charge in [-0.1, -0.05) is 6.07 Å². The minimum absolute atomic E-state index is 0.166. The number of methoxy groups -OCH3 is 1. The molecule has 0 aliphatic carbocycles. The smallest absolute Gasteiger partial charge is 0.230 e. The highest BCUT2D eigenvalue weighted by atomic mass is 32.2. The lowest BCUT2D eigenvalue weighted by Gasteiger charge is -2.15. The predicted molar refractivity (Wildman–Crippen MR) is 86.6 cm³/mol. The van der Waals surface area contributed by atoms with Gasteiger partial charge in [0.15, 0.2) is 11.6 Å². The minimum Gasteiger partial charge on any atom is -0.494 e. The van der Waals surface area contributed by atoms with E-state index < -0.39 is 5.82 Å². The zero-order chi connectivity index (χ0) is 16.8. The number of nitrogens with one attached hydrogen (secondary N) is 1. The van der Waals surface area contributed by atoms with Crippen molar-refractivity contribution in [1.82, 2.24) is 5.32 Å². The molecule has 0 spiro atoms. The molecule has 0 aliphatic rings. The van der Waals surface area contributed by atoms with Gasteiger partial charge in [-0.3, -0.25) is 4.79 Å². The molecule has 0 aliphatic heterocycles. The molecule has 1 atom stereocenters. The fourth-order valence-corrected chi connectivity index (χ4v) is 2.71. The molecule has 1 N–H and O–H groups in total. The van der Waals surface area contributed by atoms with E-state index in [0.29, 0.717) is 5.56 Å². The van der Waals surface area contributed by atoms with E-state index in [1.165, 1.54) is 43.1 Å². The van der Waals surface area contributed by atoms with Gasteiger partial charge >= 0.3 is 0 Å². The number of ether oxygens (including phenoxy) is 1. The summed E-state index contributed by atoms with van der Waals surface area (Å²) < 4.78 is 31.3. The molecule has 0 aromatic heterocycles. The maximum absolute atomic E-state index is 13.7. The van der Waals surface area contributed by atoms with Gasteiger partial charge in [0.25, 0.3) is 0 Å². The summed E-state index contributed by atoms with van der Waals surface area (Å²) in [6.45, 7) is 1.78. The number of thioether (sulfide) groups is 1. The largest absolute Gasteiger partial charge is 0.494 e. The molecular formula is C17H17F2NO2S. The van der Waals surface area contributed by atoms with Crippen LogP contribution in [0.1, 0.15) is 18.5 Å². The van der Waals surface area contributed by atoms with Crippen LogP contribution in [0.4, 0.5) is 8.78 Å². The van der Waals surface area contributed by atoms with Crippen molar-refractivity contribution in [2.75, 3.05) is 12.9 Å². The second kappa shape index (κ2) is 7.97. The first kappa shape index (κ1) is 17.3. The second-order valence-electron chi connectivity index (χ2n) is 4.93. The molecule has 0 saturated heterocycles. The number of hydrogen-bond donors (Lipinski definition) is 1. The molecule has 0 heterocycles. The summed E-state index contributed by atoms with van der Waals surface area (Å²) in [6, 6.07) is 10.2. The molecule has 23 heavy (non-hydrogen) atoms. The van der Waals surface area contributed by atoms with Gasteiger partial charge in [0.1, 0.15) is 5.82 Å². The number of benzene rings is 2. The molecule has 2 rings (SSSR count). The topological polar surface area (TPSA) is 38.3 Å². The fourth-order valence-electron chi connectivity index (χ4n) is 2.00. The Morgan fingerprint density at radius 2 is 1.91 bits per heavy atom. The van der Waals surface area contributed by atoms with Crippen LogP contribution in [0.15, 0.2) is 47.4 Å². The molecule has 2 aromatic rings. The van der Waals surface area contributed by atoms with Crippen molar-refractivity contribution in [1.29, 1.82) is 0 Å². The summed E-state index contributed by atoms with van der Waals surface area (Å²) in [4.78, 5) is 12.8. The third-order valence-electron chi connectivity index (χ3n) is 3.24. The lowest BCUT2D eigenvalue weighted by Crippen LogP contribution is -2.28. The number of hydrogen-bond acceptors (Lipinski definition) is 3. The number of carbonyl (C=O) groups excluding carboxylic acids is 1. The van der Waals surface area contributed by atoms with Crippen LogP contribution in [0.5, 0.6) is 5.75 Å². The summed E-state index contributed by atoms with van der Waals surface area (Å²) in [7, 11) is 1.40. The summed E-state index contributed by atoms with van der Waals surface area (Å²) in [6.07, 6.45) is 0. The van der Waals surface area contributed by atoms with Crippen molar-refractivity contribution in [3.05, 3.63) is 59.7 Å². The molecule has 122 valence electrons. The zero-order valence-corrected chi connectivity index (χ0v) is 13.6. The van der Waals surface area contributed by atoms with Crippen molar-refractivity contribution in [3.8, 4) is 5.75 Å². The van der Waals surface area contributed by atoms with Gasteiger partial charge in [-0.15, -0.1) is 11.8 Å². The van der Waals surface area contributed by atoms with E-state index in [0.717, 1.165) is 4.90 Å². The minimum atomic E-state index is -0.466. The molecule has 3 nitrogen and oxygen atoms in total. The number of carbonyl (C=O) groups is 1. The van der Waals surface area contributed by atoms with Gasteiger partial charge < -0.3 is 10.1 Å². The fraction of sp³-hybridized carbons (Fsp3) is 0.235. The Labute approximate surface area is 138 Å². The highest BCUT2D eigenvalue weighted by molar-refractivity contribution is 8.00. The number of amides is 1. The van der Waals surface area contributed by atoms with Gasteiger partial charge in [-0.05, 0) is 48.9 Å². The maximum atomic E-state index is 13.7. The average molecular weight is 337 g/mol. The SMILES string of the molecule is COc1ccc([C@H](C)NC(=O)CSc2ccc(F)cc2)cc1F. The van der Waals surface area contributed by atoms with E-state index in [2.05, 4.69) is 5.32 Å². The molecule has 0 fully saturated rings. The van der Waals surface area contributed by atoms with Gasteiger partial charge in [-0.25, -0.2) is 8.78 Å². The van der Waals surface area contributed by atoms with E-state index in [1.54, 1.807) is 25.1 Å². The molecule has 0 unspecified atom stereocenters. The average Bonchev–Trinajstić information content (AvgIpc) is 2.54. The summed E-state index contributed by atoms with van der Waals surface area (Å²) in [5.74, 6) is -0.586. The first-order valence-electron chi connectivity index (χ1n) is 7.00. The lowest BCUT2D eigenvalue weighted by molar-refractivity contribution is -0.119. The third kappa shape index (κ3) is 4.96. The zero-order valence-electron chi connectivity index (χ0n) is 12.8. The van der Waals surface area contributed by atoms with E-state index in [1.807, 2.05) is 0 Å². The molecule has 0 bridgehead atoms. The van der Waals surface area contributed by atoms with Crippen LogP contribution in [0, 0.1) is 11.6 Å². The van der Waals surface area contributed by atoms with Crippen LogP contribution in [0.3, 0.4) is 0 Å². The summed E-state index contributed by atoms with van der Waals surface area (Å²) >= 11 is 1.31. The van der Waals surface area contributed by atoms with Crippen LogP contribution < -0.4 is 10.1 Å². The van der Waals surface area contributed by atoms with Crippen molar-refractivity contribution in [2.45, 2.75) is 17.9 Å². The normalized spacial score (nSPS) is 11.8. The van der Waals surface area contributed by atoms with Crippen molar-refractivity contribution < 1.29 is 18.3 Å². The Kier molecular flexibility index (Phi) is 5.98. The molecule has 6 heteroatoms. The van der Waals surface area contributed by atoms with Crippen LogP contribution in [-0.2, 0) is 4.79 Å². The first-order valence-corrected chi connectivity index (χ1v) is 7.99. The third-order valence-corrected chi connectivity index (χ3v) is 4.25. The van der Waals surface area contributed by atoms with Gasteiger partial charge in [0.2, 0.25) is 5.91 Å². The lowest BCUT2D eigenvalue weighted by atomic mass is 10.1. The first-order chi connectivity index (χ1) is 11.0.